The maximum Gasteiger partial charge on any atom is 0.0957 e. The van der Waals surface area contributed by atoms with Crippen molar-refractivity contribution in [3.8, 4) is 0 Å². The lowest BCUT2D eigenvalue weighted by Gasteiger charge is -1.93. The third-order valence-electron chi connectivity index (χ3n) is 1.33. The minimum atomic E-state index is 0.0310. The van der Waals surface area contributed by atoms with Crippen molar-refractivity contribution >= 4 is 0 Å². The predicted molar refractivity (Wildman–Crippen MR) is 39.0 cm³/mol. The molecule has 0 heterocycles. The minimum absolute atomic E-state index is 0.0310. The van der Waals surface area contributed by atoms with Gasteiger partial charge in [-0.05, 0) is 19.8 Å². The number of hydrogen-bond donors (Lipinski definition) is 0. The summed E-state index contributed by atoms with van der Waals surface area (Å²) in [4.78, 5) is 0. The Morgan fingerprint density at radius 3 is 2.56 bits per heavy atom. The molecule has 0 aromatic rings. The fourth-order valence-corrected chi connectivity index (χ4v) is 0.688. The van der Waals surface area contributed by atoms with Gasteiger partial charge in [0.1, 0.15) is 0 Å². The van der Waals surface area contributed by atoms with E-state index >= 15 is 0 Å². The number of halogens is 1. The van der Waals surface area contributed by atoms with Crippen LogP contribution >= 0.6 is 0 Å². The molecule has 0 atom stereocenters. The van der Waals surface area contributed by atoms with Crippen LogP contribution in [0.4, 0.5) is 4.39 Å². The summed E-state index contributed by atoms with van der Waals surface area (Å²) in [5.74, 6) is 0.0310. The fraction of sp³-hybridized carbons (Fsp3) is 0.750. The van der Waals surface area contributed by atoms with Crippen LogP contribution in [-0.4, -0.2) is 0 Å². The highest BCUT2D eigenvalue weighted by atomic mass is 19.1. The first kappa shape index (κ1) is 8.67. The van der Waals surface area contributed by atoms with E-state index in [1.807, 2.05) is 0 Å². The molecular formula is C8H15F. The summed E-state index contributed by atoms with van der Waals surface area (Å²) in [6.07, 6.45) is 5.46. The van der Waals surface area contributed by atoms with Crippen molar-refractivity contribution < 1.29 is 4.39 Å². The van der Waals surface area contributed by atoms with E-state index in [1.165, 1.54) is 6.08 Å². The lowest BCUT2D eigenvalue weighted by atomic mass is 10.2. The third kappa shape index (κ3) is 5.54. The van der Waals surface area contributed by atoms with Gasteiger partial charge in [-0.15, -0.1) is 0 Å². The van der Waals surface area contributed by atoms with Gasteiger partial charge in [0.05, 0.1) is 5.83 Å². The van der Waals surface area contributed by atoms with Crippen LogP contribution in [0.3, 0.4) is 0 Å². The van der Waals surface area contributed by atoms with Gasteiger partial charge in [0, 0.05) is 0 Å². The van der Waals surface area contributed by atoms with Crippen LogP contribution in [0.1, 0.15) is 39.5 Å². The Labute approximate surface area is 56.8 Å². The van der Waals surface area contributed by atoms with E-state index in [4.69, 9.17) is 0 Å². The predicted octanol–water partition coefficient (Wildman–Crippen LogP) is 3.44. The van der Waals surface area contributed by atoms with Crippen molar-refractivity contribution in [3.63, 3.8) is 0 Å². The Bertz CT molecular complexity index is 84.6. The molecule has 0 aliphatic heterocycles. The minimum Gasteiger partial charge on any atom is -0.212 e. The first-order chi connectivity index (χ1) is 4.31. The molecule has 0 unspecified atom stereocenters. The number of rotatable bonds is 4. The second-order valence-corrected chi connectivity index (χ2v) is 2.19. The Hall–Kier alpha value is -0.330. The second-order valence-electron chi connectivity index (χ2n) is 2.19. The topological polar surface area (TPSA) is 0 Å². The van der Waals surface area contributed by atoms with Gasteiger partial charge < -0.3 is 0 Å². The molecule has 0 aliphatic rings. The molecular weight excluding hydrogens is 115 g/mol. The summed E-state index contributed by atoms with van der Waals surface area (Å²) in [6.45, 7) is 3.86. The van der Waals surface area contributed by atoms with E-state index < -0.39 is 0 Å². The SMILES string of the molecule is CC=C(F)CCCCC. The molecule has 0 spiro atoms. The molecule has 0 fully saturated rings. The van der Waals surface area contributed by atoms with Gasteiger partial charge in [-0.2, -0.15) is 0 Å². The molecule has 0 aromatic heterocycles. The zero-order chi connectivity index (χ0) is 7.11. The largest absolute Gasteiger partial charge is 0.212 e. The van der Waals surface area contributed by atoms with Crippen LogP contribution in [0.5, 0.6) is 0 Å². The van der Waals surface area contributed by atoms with E-state index in [1.54, 1.807) is 6.92 Å². The number of hydrogen-bond acceptors (Lipinski definition) is 0. The summed E-state index contributed by atoms with van der Waals surface area (Å²) >= 11 is 0. The highest BCUT2D eigenvalue weighted by molar-refractivity contribution is 4.87. The standard InChI is InChI=1S/C8H15F/c1-3-5-6-7-8(9)4-2/h4H,3,5-7H2,1-2H3. The Morgan fingerprint density at radius 1 is 1.44 bits per heavy atom. The zero-order valence-electron chi connectivity index (χ0n) is 6.28. The molecule has 0 aliphatic carbocycles. The van der Waals surface area contributed by atoms with Crippen LogP contribution in [0.25, 0.3) is 0 Å². The van der Waals surface area contributed by atoms with Gasteiger partial charge in [-0.25, -0.2) is 4.39 Å². The van der Waals surface area contributed by atoms with Crippen molar-refractivity contribution in [2.24, 2.45) is 0 Å². The molecule has 0 rings (SSSR count). The molecule has 0 saturated carbocycles. The van der Waals surface area contributed by atoms with Crippen LogP contribution < -0.4 is 0 Å². The molecule has 0 amide bonds. The molecule has 0 aromatic carbocycles. The molecule has 9 heavy (non-hydrogen) atoms. The second kappa shape index (κ2) is 5.80. The lowest BCUT2D eigenvalue weighted by Crippen LogP contribution is -1.75. The van der Waals surface area contributed by atoms with Gasteiger partial charge >= 0.3 is 0 Å². The van der Waals surface area contributed by atoms with E-state index in [-0.39, 0.29) is 5.83 Å². The molecule has 54 valence electrons. The maximum atomic E-state index is 12.3. The van der Waals surface area contributed by atoms with E-state index in [2.05, 4.69) is 6.92 Å². The Morgan fingerprint density at radius 2 is 2.11 bits per heavy atom. The molecule has 0 saturated heterocycles. The third-order valence-corrected chi connectivity index (χ3v) is 1.33. The number of unbranched alkanes of at least 4 members (excludes halogenated alkanes) is 2. The first-order valence-corrected chi connectivity index (χ1v) is 3.62. The van der Waals surface area contributed by atoms with Crippen molar-refractivity contribution in [2.75, 3.05) is 0 Å². The van der Waals surface area contributed by atoms with Gasteiger partial charge in [0.15, 0.2) is 0 Å². The van der Waals surface area contributed by atoms with Crippen LogP contribution in [0, 0.1) is 0 Å². The summed E-state index contributed by atoms with van der Waals surface area (Å²) in [5.41, 5.74) is 0. The smallest absolute Gasteiger partial charge is 0.0957 e. The van der Waals surface area contributed by atoms with Crippen molar-refractivity contribution in [1.82, 2.24) is 0 Å². The highest BCUT2D eigenvalue weighted by Gasteiger charge is 1.90. The Balaban J connectivity index is 3.07. The van der Waals surface area contributed by atoms with E-state index in [0.29, 0.717) is 6.42 Å². The first-order valence-electron chi connectivity index (χ1n) is 3.62. The quantitative estimate of drug-likeness (QED) is 0.511. The molecule has 1 heteroatoms. The maximum absolute atomic E-state index is 12.3. The summed E-state index contributed by atoms with van der Waals surface area (Å²) in [5, 5.41) is 0. The van der Waals surface area contributed by atoms with Crippen molar-refractivity contribution in [1.29, 1.82) is 0 Å². The van der Waals surface area contributed by atoms with Crippen molar-refractivity contribution in [3.05, 3.63) is 11.9 Å². The van der Waals surface area contributed by atoms with Crippen LogP contribution in [0.2, 0.25) is 0 Å². The normalized spacial score (nSPS) is 12.1. The van der Waals surface area contributed by atoms with Gasteiger partial charge in [-0.1, -0.05) is 25.8 Å². The fourth-order valence-electron chi connectivity index (χ4n) is 0.688. The average Bonchev–Trinajstić information content (AvgIpc) is 1.89. The van der Waals surface area contributed by atoms with E-state index in [9.17, 15) is 4.39 Å². The lowest BCUT2D eigenvalue weighted by molar-refractivity contribution is 0.558. The van der Waals surface area contributed by atoms with Crippen molar-refractivity contribution in [2.45, 2.75) is 39.5 Å². The van der Waals surface area contributed by atoms with Gasteiger partial charge in [-0.3, -0.25) is 0 Å². The van der Waals surface area contributed by atoms with Crippen LogP contribution in [0.15, 0.2) is 11.9 Å². The molecule has 0 radical (unpaired) electrons. The summed E-state index contributed by atoms with van der Waals surface area (Å²) in [6, 6.07) is 0. The average molecular weight is 130 g/mol. The Kier molecular flexibility index (Phi) is 5.59. The zero-order valence-corrected chi connectivity index (χ0v) is 6.28. The number of allylic oxidation sites excluding steroid dienone is 2. The molecule has 0 bridgehead atoms. The van der Waals surface area contributed by atoms with Crippen LogP contribution in [-0.2, 0) is 0 Å². The van der Waals surface area contributed by atoms with E-state index in [0.717, 1.165) is 19.3 Å². The molecule has 0 N–H and O–H groups in total. The highest BCUT2D eigenvalue weighted by Crippen LogP contribution is 2.08. The monoisotopic (exact) mass is 130 g/mol. The summed E-state index contributed by atoms with van der Waals surface area (Å²) in [7, 11) is 0. The van der Waals surface area contributed by atoms with Gasteiger partial charge in [0.25, 0.3) is 0 Å². The summed E-state index contributed by atoms with van der Waals surface area (Å²) < 4.78 is 12.3. The molecule has 0 nitrogen and oxygen atoms in total. The van der Waals surface area contributed by atoms with Gasteiger partial charge in [0.2, 0.25) is 0 Å².